The van der Waals surface area contributed by atoms with Gasteiger partial charge in [0.1, 0.15) is 0 Å². The SMILES string of the molecule is Cc1ccc(-n2ccc(=O)c(C(=O)NC[C@H](c3cccs3)N3CCCCCC3)n2)cc1C. The van der Waals surface area contributed by atoms with Crippen LogP contribution in [0.5, 0.6) is 0 Å². The largest absolute Gasteiger partial charge is 0.349 e. The Balaban J connectivity index is 1.53. The van der Waals surface area contributed by atoms with Crippen molar-refractivity contribution in [3.05, 3.63) is 79.9 Å². The number of hydrogen-bond donors (Lipinski definition) is 1. The van der Waals surface area contributed by atoms with E-state index >= 15 is 0 Å². The molecule has 3 heterocycles. The number of hydrogen-bond acceptors (Lipinski definition) is 5. The normalized spacial score (nSPS) is 15.8. The van der Waals surface area contributed by atoms with Gasteiger partial charge in [-0.15, -0.1) is 11.3 Å². The zero-order valence-corrected chi connectivity index (χ0v) is 19.5. The Morgan fingerprint density at radius 3 is 2.56 bits per heavy atom. The number of nitrogens with one attached hydrogen (secondary N) is 1. The molecule has 7 heteroatoms. The highest BCUT2D eigenvalue weighted by Crippen LogP contribution is 2.27. The first-order chi connectivity index (χ1) is 15.5. The molecule has 2 aromatic heterocycles. The maximum atomic E-state index is 13.0. The second-order valence-corrected chi connectivity index (χ2v) is 9.41. The molecule has 0 radical (unpaired) electrons. The molecule has 1 N–H and O–H groups in total. The van der Waals surface area contributed by atoms with Gasteiger partial charge in [-0.1, -0.05) is 25.0 Å². The van der Waals surface area contributed by atoms with Crippen LogP contribution in [0.3, 0.4) is 0 Å². The van der Waals surface area contributed by atoms with Gasteiger partial charge in [-0.3, -0.25) is 14.5 Å². The van der Waals surface area contributed by atoms with E-state index in [9.17, 15) is 9.59 Å². The summed E-state index contributed by atoms with van der Waals surface area (Å²) >= 11 is 1.71. The Bertz CT molecular complexity index is 1120. The van der Waals surface area contributed by atoms with Crippen molar-refractivity contribution in [3.63, 3.8) is 0 Å². The van der Waals surface area contributed by atoms with Crippen LogP contribution in [0.1, 0.15) is 58.2 Å². The van der Waals surface area contributed by atoms with Crippen molar-refractivity contribution in [2.24, 2.45) is 0 Å². The van der Waals surface area contributed by atoms with Crippen molar-refractivity contribution in [2.45, 2.75) is 45.6 Å². The second-order valence-electron chi connectivity index (χ2n) is 8.43. The number of amides is 1. The van der Waals surface area contributed by atoms with Crippen molar-refractivity contribution >= 4 is 17.2 Å². The van der Waals surface area contributed by atoms with Crippen LogP contribution < -0.4 is 10.7 Å². The number of rotatable bonds is 6. The number of nitrogens with zero attached hydrogens (tertiary/aromatic N) is 3. The zero-order valence-electron chi connectivity index (χ0n) is 18.7. The fourth-order valence-electron chi connectivity index (χ4n) is 4.15. The minimum atomic E-state index is -0.426. The van der Waals surface area contributed by atoms with Crippen LogP contribution in [-0.4, -0.2) is 40.2 Å². The molecule has 1 aliphatic heterocycles. The number of likely N-dealkylation sites (tertiary alicyclic amines) is 1. The Hall–Kier alpha value is -2.77. The second kappa shape index (κ2) is 10.2. The summed E-state index contributed by atoms with van der Waals surface area (Å²) < 4.78 is 1.59. The number of aryl methyl sites for hydroxylation is 2. The third-order valence-electron chi connectivity index (χ3n) is 6.19. The number of carbonyl (C=O) groups excluding carboxylic acids is 1. The lowest BCUT2D eigenvalue weighted by Crippen LogP contribution is -2.40. The summed E-state index contributed by atoms with van der Waals surface area (Å²) in [5, 5.41) is 9.43. The van der Waals surface area contributed by atoms with Gasteiger partial charge in [-0.25, -0.2) is 4.68 Å². The third kappa shape index (κ3) is 5.16. The Labute approximate surface area is 192 Å². The van der Waals surface area contributed by atoms with Gasteiger partial charge >= 0.3 is 0 Å². The molecule has 0 spiro atoms. The summed E-state index contributed by atoms with van der Waals surface area (Å²) in [6.45, 7) is 6.59. The zero-order chi connectivity index (χ0) is 22.5. The molecule has 1 aliphatic rings. The first-order valence-electron chi connectivity index (χ1n) is 11.3. The molecule has 0 aliphatic carbocycles. The van der Waals surface area contributed by atoms with Crippen LogP contribution in [0.25, 0.3) is 5.69 Å². The lowest BCUT2D eigenvalue weighted by Gasteiger charge is -2.30. The molecule has 6 nitrogen and oxygen atoms in total. The molecule has 0 bridgehead atoms. The molecule has 32 heavy (non-hydrogen) atoms. The predicted octanol–water partition coefficient (Wildman–Crippen LogP) is 4.26. The summed E-state index contributed by atoms with van der Waals surface area (Å²) in [7, 11) is 0. The molecule has 4 rings (SSSR count). The van der Waals surface area contributed by atoms with Gasteiger partial charge in [0.2, 0.25) is 5.43 Å². The number of carbonyl (C=O) groups is 1. The average molecular weight is 451 g/mol. The summed E-state index contributed by atoms with van der Waals surface area (Å²) in [5.74, 6) is -0.426. The Morgan fingerprint density at radius 1 is 1.09 bits per heavy atom. The maximum absolute atomic E-state index is 13.0. The molecule has 1 fully saturated rings. The lowest BCUT2D eigenvalue weighted by atomic mass is 10.1. The van der Waals surface area contributed by atoms with E-state index < -0.39 is 5.91 Å². The minimum Gasteiger partial charge on any atom is -0.349 e. The Morgan fingerprint density at radius 2 is 1.88 bits per heavy atom. The summed E-state index contributed by atoms with van der Waals surface area (Å²) in [5.41, 5.74) is 2.69. The van der Waals surface area contributed by atoms with Crippen LogP contribution in [0.4, 0.5) is 0 Å². The molecule has 0 unspecified atom stereocenters. The van der Waals surface area contributed by atoms with Gasteiger partial charge in [0.25, 0.3) is 5.91 Å². The summed E-state index contributed by atoms with van der Waals surface area (Å²) in [6, 6.07) is 11.6. The predicted molar refractivity (Wildman–Crippen MR) is 129 cm³/mol. The standard InChI is InChI=1S/C25H30N4O2S/c1-18-9-10-20(16-19(18)2)29-14-11-22(30)24(27-29)25(31)26-17-21(23-8-7-15-32-23)28-12-5-3-4-6-13-28/h7-11,14-16,21H,3-6,12-13,17H2,1-2H3,(H,26,31)/t21-/m1/s1. The highest BCUT2D eigenvalue weighted by Gasteiger charge is 2.24. The van der Waals surface area contributed by atoms with Crippen molar-refractivity contribution in [1.82, 2.24) is 20.0 Å². The molecule has 1 amide bonds. The topological polar surface area (TPSA) is 67.2 Å². The van der Waals surface area contributed by atoms with Gasteiger partial charge in [0, 0.05) is 23.7 Å². The fraction of sp³-hybridized carbons (Fsp3) is 0.400. The lowest BCUT2D eigenvalue weighted by molar-refractivity contribution is 0.0926. The van der Waals surface area contributed by atoms with Crippen LogP contribution in [-0.2, 0) is 0 Å². The van der Waals surface area contributed by atoms with E-state index in [2.05, 4.69) is 26.8 Å². The van der Waals surface area contributed by atoms with Gasteiger partial charge < -0.3 is 5.32 Å². The van der Waals surface area contributed by atoms with E-state index in [0.29, 0.717) is 6.54 Å². The first kappa shape index (κ1) is 22.4. The molecular formula is C25H30N4O2S. The van der Waals surface area contributed by atoms with E-state index in [-0.39, 0.29) is 17.2 Å². The highest BCUT2D eigenvalue weighted by atomic mass is 32.1. The quantitative estimate of drug-likeness (QED) is 0.609. The van der Waals surface area contributed by atoms with Crippen LogP contribution in [0, 0.1) is 13.8 Å². The third-order valence-corrected chi connectivity index (χ3v) is 7.16. The minimum absolute atomic E-state index is 0.0773. The van der Waals surface area contributed by atoms with Crippen molar-refractivity contribution < 1.29 is 4.79 Å². The van der Waals surface area contributed by atoms with Crippen LogP contribution in [0.2, 0.25) is 0 Å². The van der Waals surface area contributed by atoms with Crippen molar-refractivity contribution in [1.29, 1.82) is 0 Å². The average Bonchev–Trinajstić information content (AvgIpc) is 3.19. The Kier molecular flexibility index (Phi) is 7.17. The highest BCUT2D eigenvalue weighted by molar-refractivity contribution is 7.10. The van der Waals surface area contributed by atoms with Gasteiger partial charge in [-0.2, -0.15) is 5.10 Å². The molecule has 3 aromatic rings. The molecule has 1 atom stereocenters. The molecule has 1 aromatic carbocycles. The van der Waals surface area contributed by atoms with E-state index in [4.69, 9.17) is 0 Å². The first-order valence-corrected chi connectivity index (χ1v) is 12.1. The fourth-order valence-corrected chi connectivity index (χ4v) is 5.01. The number of aromatic nitrogens is 2. The van der Waals surface area contributed by atoms with Gasteiger partial charge in [0.05, 0.1) is 11.7 Å². The number of benzene rings is 1. The molecular weight excluding hydrogens is 420 g/mol. The summed E-state index contributed by atoms with van der Waals surface area (Å²) in [6.07, 6.45) is 6.47. The van der Waals surface area contributed by atoms with Crippen molar-refractivity contribution in [3.8, 4) is 5.69 Å². The number of thiophene rings is 1. The maximum Gasteiger partial charge on any atom is 0.275 e. The molecule has 1 saturated heterocycles. The van der Waals surface area contributed by atoms with Crippen molar-refractivity contribution in [2.75, 3.05) is 19.6 Å². The smallest absolute Gasteiger partial charge is 0.275 e. The monoisotopic (exact) mass is 450 g/mol. The molecule has 168 valence electrons. The van der Waals surface area contributed by atoms with Gasteiger partial charge in [-0.05, 0) is 74.5 Å². The summed E-state index contributed by atoms with van der Waals surface area (Å²) in [4.78, 5) is 29.1. The van der Waals surface area contributed by atoms with E-state index in [1.165, 1.54) is 42.2 Å². The van der Waals surface area contributed by atoms with E-state index in [1.54, 1.807) is 22.2 Å². The van der Waals surface area contributed by atoms with E-state index in [0.717, 1.165) is 24.3 Å². The van der Waals surface area contributed by atoms with Crippen LogP contribution >= 0.6 is 11.3 Å². The van der Waals surface area contributed by atoms with E-state index in [1.807, 2.05) is 38.1 Å². The molecule has 0 saturated carbocycles. The van der Waals surface area contributed by atoms with Gasteiger partial charge in [0.15, 0.2) is 5.69 Å². The van der Waals surface area contributed by atoms with Crippen LogP contribution in [0.15, 0.2) is 52.8 Å².